The van der Waals surface area contributed by atoms with Crippen LogP contribution >= 0.6 is 12.4 Å². The standard InChI is InChI=1S/C19H25N3O3.ClH/c1-12(2)16(19(25)21-9-8-13(11-21)10-20-3)22-17(23)14-6-4-5-7-15(14)18(22)24;/h4-7,12-13,16,20H,8-11H2,1-3H3;1H. The average Bonchev–Trinajstić information content (AvgIpc) is 3.15. The molecule has 0 aliphatic carbocycles. The Morgan fingerprint density at radius 1 is 1.19 bits per heavy atom. The lowest BCUT2D eigenvalue weighted by Gasteiger charge is -2.32. The van der Waals surface area contributed by atoms with Gasteiger partial charge in [-0.05, 0) is 44.0 Å². The molecule has 26 heavy (non-hydrogen) atoms. The molecule has 0 saturated carbocycles. The van der Waals surface area contributed by atoms with Crippen molar-refractivity contribution in [2.45, 2.75) is 26.3 Å². The number of halogens is 1. The minimum atomic E-state index is -0.749. The Morgan fingerprint density at radius 2 is 1.77 bits per heavy atom. The highest BCUT2D eigenvalue weighted by molar-refractivity contribution is 6.22. The predicted octanol–water partition coefficient (Wildman–Crippen LogP) is 1.80. The zero-order valence-electron chi connectivity index (χ0n) is 15.4. The van der Waals surface area contributed by atoms with E-state index in [2.05, 4.69) is 5.32 Å². The van der Waals surface area contributed by atoms with E-state index in [0.717, 1.165) is 13.0 Å². The Hall–Kier alpha value is -1.92. The molecular formula is C19H26ClN3O3. The Labute approximate surface area is 160 Å². The van der Waals surface area contributed by atoms with E-state index in [1.165, 1.54) is 4.90 Å². The van der Waals surface area contributed by atoms with Gasteiger partial charge in [-0.1, -0.05) is 26.0 Å². The maximum Gasteiger partial charge on any atom is 0.262 e. The molecule has 6 nitrogen and oxygen atoms in total. The molecule has 0 aromatic heterocycles. The Morgan fingerprint density at radius 3 is 2.27 bits per heavy atom. The lowest BCUT2D eigenvalue weighted by atomic mass is 10.0. The quantitative estimate of drug-likeness (QED) is 0.792. The third-order valence-corrected chi connectivity index (χ3v) is 5.08. The van der Waals surface area contributed by atoms with E-state index < -0.39 is 6.04 Å². The van der Waals surface area contributed by atoms with Crippen LogP contribution in [0, 0.1) is 11.8 Å². The van der Waals surface area contributed by atoms with Gasteiger partial charge in [-0.3, -0.25) is 19.3 Å². The van der Waals surface area contributed by atoms with E-state index in [1.54, 1.807) is 29.2 Å². The first-order valence-corrected chi connectivity index (χ1v) is 8.86. The van der Waals surface area contributed by atoms with Crippen LogP contribution < -0.4 is 5.32 Å². The molecule has 3 rings (SSSR count). The van der Waals surface area contributed by atoms with Crippen molar-refractivity contribution in [2.24, 2.45) is 11.8 Å². The molecule has 2 heterocycles. The summed E-state index contributed by atoms with van der Waals surface area (Å²) in [4.78, 5) is 41.6. The zero-order chi connectivity index (χ0) is 18.1. The number of likely N-dealkylation sites (tertiary alicyclic amines) is 1. The number of carbonyl (C=O) groups is 3. The van der Waals surface area contributed by atoms with Crippen LogP contribution in [0.5, 0.6) is 0 Å². The third kappa shape index (κ3) is 3.48. The van der Waals surface area contributed by atoms with E-state index in [9.17, 15) is 14.4 Å². The van der Waals surface area contributed by atoms with Gasteiger partial charge in [0.1, 0.15) is 6.04 Å². The summed E-state index contributed by atoms with van der Waals surface area (Å²) < 4.78 is 0. The fourth-order valence-electron chi connectivity index (χ4n) is 3.83. The molecule has 1 fully saturated rings. The fraction of sp³-hybridized carbons (Fsp3) is 0.526. The topological polar surface area (TPSA) is 69.7 Å². The summed E-state index contributed by atoms with van der Waals surface area (Å²) >= 11 is 0. The van der Waals surface area contributed by atoms with Crippen molar-refractivity contribution in [1.82, 2.24) is 15.1 Å². The van der Waals surface area contributed by atoms with Gasteiger partial charge in [-0.2, -0.15) is 0 Å². The van der Waals surface area contributed by atoms with Gasteiger partial charge >= 0.3 is 0 Å². The van der Waals surface area contributed by atoms with Gasteiger partial charge in [0.2, 0.25) is 5.91 Å². The molecule has 0 spiro atoms. The molecule has 0 radical (unpaired) electrons. The fourth-order valence-corrected chi connectivity index (χ4v) is 3.83. The van der Waals surface area contributed by atoms with E-state index >= 15 is 0 Å². The number of nitrogens with zero attached hydrogens (tertiary/aromatic N) is 2. The Bertz CT molecular complexity index is 672. The molecule has 1 N–H and O–H groups in total. The van der Waals surface area contributed by atoms with Gasteiger partial charge in [-0.15, -0.1) is 12.4 Å². The number of hydrogen-bond acceptors (Lipinski definition) is 4. The van der Waals surface area contributed by atoms with Crippen molar-refractivity contribution in [3.05, 3.63) is 35.4 Å². The normalized spacial score (nSPS) is 20.4. The third-order valence-electron chi connectivity index (χ3n) is 5.08. The lowest BCUT2D eigenvalue weighted by molar-refractivity contribution is -0.135. The van der Waals surface area contributed by atoms with Crippen LogP contribution in [0.3, 0.4) is 0 Å². The number of fused-ring (bicyclic) bond motifs is 1. The first-order chi connectivity index (χ1) is 12.0. The van der Waals surface area contributed by atoms with Gasteiger partial charge in [0.05, 0.1) is 11.1 Å². The number of rotatable bonds is 5. The van der Waals surface area contributed by atoms with Crippen molar-refractivity contribution < 1.29 is 14.4 Å². The molecule has 2 unspecified atom stereocenters. The number of amides is 3. The molecule has 7 heteroatoms. The minimum absolute atomic E-state index is 0. The lowest BCUT2D eigenvalue weighted by Crippen LogP contribution is -2.53. The second kappa shape index (κ2) is 8.18. The molecule has 1 aromatic carbocycles. The summed E-state index contributed by atoms with van der Waals surface area (Å²) in [6, 6.07) is 6.03. The first-order valence-electron chi connectivity index (χ1n) is 8.86. The van der Waals surface area contributed by atoms with Crippen LogP contribution in [-0.2, 0) is 4.79 Å². The highest BCUT2D eigenvalue weighted by Gasteiger charge is 2.45. The molecule has 1 aromatic rings. The summed E-state index contributed by atoms with van der Waals surface area (Å²) in [7, 11) is 1.90. The number of benzene rings is 1. The molecule has 3 amide bonds. The van der Waals surface area contributed by atoms with E-state index in [4.69, 9.17) is 0 Å². The largest absolute Gasteiger partial charge is 0.341 e. The smallest absolute Gasteiger partial charge is 0.262 e. The highest BCUT2D eigenvalue weighted by Crippen LogP contribution is 2.29. The number of nitrogens with one attached hydrogen (secondary N) is 1. The second-order valence-electron chi connectivity index (χ2n) is 7.21. The van der Waals surface area contributed by atoms with E-state index in [1.807, 2.05) is 20.9 Å². The minimum Gasteiger partial charge on any atom is -0.341 e. The molecule has 2 aliphatic heterocycles. The summed E-state index contributed by atoms with van der Waals surface area (Å²) in [5.74, 6) is -0.567. The molecular weight excluding hydrogens is 354 g/mol. The second-order valence-corrected chi connectivity index (χ2v) is 7.21. The predicted molar refractivity (Wildman–Crippen MR) is 101 cm³/mol. The molecule has 142 valence electrons. The van der Waals surface area contributed by atoms with Crippen LogP contribution in [0.2, 0.25) is 0 Å². The number of hydrogen-bond donors (Lipinski definition) is 1. The maximum atomic E-state index is 13.1. The van der Waals surface area contributed by atoms with Crippen LogP contribution in [0.15, 0.2) is 24.3 Å². The van der Waals surface area contributed by atoms with Crippen molar-refractivity contribution in [3.8, 4) is 0 Å². The summed E-state index contributed by atoms with van der Waals surface area (Å²) in [5.41, 5.74) is 0.779. The monoisotopic (exact) mass is 379 g/mol. The van der Waals surface area contributed by atoms with Gasteiger partial charge in [-0.25, -0.2) is 0 Å². The summed E-state index contributed by atoms with van der Waals surface area (Å²) in [6.07, 6.45) is 0.944. The van der Waals surface area contributed by atoms with Crippen LogP contribution in [0.25, 0.3) is 0 Å². The summed E-state index contributed by atoms with van der Waals surface area (Å²) in [5, 5.41) is 3.15. The van der Waals surface area contributed by atoms with Crippen LogP contribution in [0.1, 0.15) is 41.0 Å². The van der Waals surface area contributed by atoms with Gasteiger partial charge < -0.3 is 10.2 Å². The van der Waals surface area contributed by atoms with Gasteiger partial charge in [0.15, 0.2) is 0 Å². The SMILES string of the molecule is CNCC1CCN(C(=O)C(C(C)C)N2C(=O)c3ccccc3C2=O)C1.Cl. The Balaban J connectivity index is 0.00000243. The van der Waals surface area contributed by atoms with Crippen molar-refractivity contribution in [3.63, 3.8) is 0 Å². The molecule has 2 atom stereocenters. The van der Waals surface area contributed by atoms with Gasteiger partial charge in [0, 0.05) is 13.1 Å². The molecule has 1 saturated heterocycles. The van der Waals surface area contributed by atoms with Crippen LogP contribution in [-0.4, -0.2) is 60.2 Å². The average molecular weight is 380 g/mol. The molecule has 2 aliphatic rings. The van der Waals surface area contributed by atoms with E-state index in [0.29, 0.717) is 30.1 Å². The number of carbonyl (C=O) groups excluding carboxylic acids is 3. The van der Waals surface area contributed by atoms with Gasteiger partial charge in [0.25, 0.3) is 11.8 Å². The highest BCUT2D eigenvalue weighted by atomic mass is 35.5. The Kier molecular flexibility index (Phi) is 6.42. The van der Waals surface area contributed by atoms with E-state index in [-0.39, 0.29) is 36.0 Å². The number of imide groups is 1. The first kappa shape index (κ1) is 20.4. The van der Waals surface area contributed by atoms with Crippen molar-refractivity contribution in [1.29, 1.82) is 0 Å². The zero-order valence-corrected chi connectivity index (χ0v) is 16.2. The van der Waals surface area contributed by atoms with Crippen molar-refractivity contribution in [2.75, 3.05) is 26.7 Å². The maximum absolute atomic E-state index is 13.1. The van der Waals surface area contributed by atoms with Crippen molar-refractivity contribution >= 4 is 30.1 Å². The molecule has 0 bridgehead atoms. The van der Waals surface area contributed by atoms with Crippen LogP contribution in [0.4, 0.5) is 0 Å². The summed E-state index contributed by atoms with van der Waals surface area (Å²) in [6.45, 7) is 5.98.